The second kappa shape index (κ2) is 10.2. The van der Waals surface area contributed by atoms with Crippen LogP contribution in [0.3, 0.4) is 0 Å². The first-order valence-electron chi connectivity index (χ1n) is 11.6. The van der Waals surface area contributed by atoms with Crippen molar-refractivity contribution in [1.29, 1.82) is 0 Å². The first-order chi connectivity index (χ1) is 18.1. The smallest absolute Gasteiger partial charge is 0.394 e. The Hall–Kier alpha value is -2.99. The summed E-state index contributed by atoms with van der Waals surface area (Å²) in [7, 11) is 0. The van der Waals surface area contributed by atoms with E-state index in [-0.39, 0.29) is 45.3 Å². The maximum atomic E-state index is 14.5. The highest BCUT2D eigenvalue weighted by molar-refractivity contribution is 6.34. The van der Waals surface area contributed by atoms with Crippen molar-refractivity contribution >= 4 is 40.7 Å². The molecule has 1 unspecified atom stereocenters. The molecule has 0 radical (unpaired) electrons. The van der Waals surface area contributed by atoms with Crippen molar-refractivity contribution in [3.8, 4) is 0 Å². The van der Waals surface area contributed by atoms with Crippen molar-refractivity contribution in [3.63, 3.8) is 0 Å². The van der Waals surface area contributed by atoms with Crippen molar-refractivity contribution < 1.29 is 40.8 Å². The highest BCUT2D eigenvalue weighted by atomic mass is 35.5. The van der Waals surface area contributed by atoms with Crippen LogP contribution in [0.25, 0.3) is 0 Å². The van der Waals surface area contributed by atoms with Gasteiger partial charge in [0.25, 0.3) is 5.91 Å². The minimum absolute atomic E-state index is 0.0249. The van der Waals surface area contributed by atoms with Crippen molar-refractivity contribution in [2.24, 2.45) is 5.16 Å². The number of carbonyl (C=O) groups excluding carboxylic acids is 2. The van der Waals surface area contributed by atoms with E-state index in [1.165, 1.54) is 43.3 Å². The number of halogens is 8. The number of nitrogens with one attached hydrogen (secondary N) is 2. The Labute approximate surface area is 228 Å². The Morgan fingerprint density at radius 1 is 1.03 bits per heavy atom. The SMILES string of the molecule is Cc1cc(C2=NOCC(c3cc(Cl)cc(Cl)c3)(C(F)(F)F)C2)ccc1C(=O)NC1(C(=O)NCC(F)(F)F)CC1. The molecule has 14 heteroatoms. The van der Waals surface area contributed by atoms with E-state index in [2.05, 4.69) is 10.5 Å². The van der Waals surface area contributed by atoms with Gasteiger partial charge in [0.05, 0.1) is 5.71 Å². The maximum Gasteiger partial charge on any atom is 0.405 e. The predicted octanol–water partition coefficient (Wildman–Crippen LogP) is 5.87. The number of aryl methyl sites for hydroxylation is 1. The van der Waals surface area contributed by atoms with Crippen molar-refractivity contribution in [2.75, 3.05) is 13.2 Å². The highest BCUT2D eigenvalue weighted by Crippen LogP contribution is 2.47. The van der Waals surface area contributed by atoms with Gasteiger partial charge < -0.3 is 15.5 Å². The lowest BCUT2D eigenvalue weighted by atomic mass is 9.74. The maximum absolute atomic E-state index is 14.5. The van der Waals surface area contributed by atoms with Crippen LogP contribution in [0.4, 0.5) is 26.3 Å². The topological polar surface area (TPSA) is 79.8 Å². The summed E-state index contributed by atoms with van der Waals surface area (Å²) in [5.74, 6) is -1.65. The third-order valence-corrected chi connectivity index (χ3v) is 7.14. The Balaban J connectivity index is 1.55. The van der Waals surface area contributed by atoms with E-state index >= 15 is 0 Å². The van der Waals surface area contributed by atoms with Crippen LogP contribution >= 0.6 is 23.2 Å². The van der Waals surface area contributed by atoms with Gasteiger partial charge in [0, 0.05) is 22.0 Å². The summed E-state index contributed by atoms with van der Waals surface area (Å²) in [6.45, 7) is -0.795. The number of amides is 2. The Morgan fingerprint density at radius 3 is 2.21 bits per heavy atom. The predicted molar refractivity (Wildman–Crippen MR) is 131 cm³/mol. The summed E-state index contributed by atoms with van der Waals surface area (Å²) in [4.78, 5) is 30.1. The molecule has 1 fully saturated rings. The molecule has 6 nitrogen and oxygen atoms in total. The lowest BCUT2D eigenvalue weighted by Gasteiger charge is -2.38. The molecule has 2 aliphatic rings. The normalized spacial score (nSPS) is 20.5. The average molecular weight is 596 g/mol. The fourth-order valence-corrected chi connectivity index (χ4v) is 4.90. The zero-order valence-electron chi connectivity index (χ0n) is 20.2. The number of rotatable bonds is 6. The van der Waals surface area contributed by atoms with Gasteiger partial charge in [-0.05, 0) is 66.8 Å². The van der Waals surface area contributed by atoms with E-state index in [4.69, 9.17) is 28.0 Å². The number of hydrogen-bond donors (Lipinski definition) is 2. The van der Waals surface area contributed by atoms with Crippen LogP contribution < -0.4 is 10.6 Å². The fraction of sp³-hybridized carbons (Fsp3) is 0.400. The molecule has 1 heterocycles. The van der Waals surface area contributed by atoms with E-state index < -0.39 is 54.7 Å². The summed E-state index contributed by atoms with van der Waals surface area (Å²) in [6, 6.07) is 7.82. The molecule has 39 heavy (non-hydrogen) atoms. The van der Waals surface area contributed by atoms with Crippen molar-refractivity contribution in [1.82, 2.24) is 10.6 Å². The molecule has 0 spiro atoms. The van der Waals surface area contributed by atoms with E-state index in [1.807, 2.05) is 0 Å². The van der Waals surface area contributed by atoms with Crippen LogP contribution in [0, 0.1) is 6.92 Å². The minimum atomic E-state index is -4.76. The fourth-order valence-electron chi connectivity index (χ4n) is 4.37. The number of nitrogens with zero attached hydrogens (tertiary/aromatic N) is 1. The molecule has 210 valence electrons. The van der Waals surface area contributed by atoms with Gasteiger partial charge in [0.2, 0.25) is 5.91 Å². The molecular formula is C25H21Cl2F6N3O3. The first-order valence-corrected chi connectivity index (χ1v) is 12.3. The molecule has 2 N–H and O–H groups in total. The molecule has 1 aliphatic carbocycles. The molecule has 2 amide bonds. The van der Waals surface area contributed by atoms with Gasteiger partial charge in [-0.25, -0.2) is 0 Å². The summed E-state index contributed by atoms with van der Waals surface area (Å²) in [6.07, 6.45) is -9.62. The Kier molecular flexibility index (Phi) is 7.59. The molecular weight excluding hydrogens is 575 g/mol. The third kappa shape index (κ3) is 6.11. The van der Waals surface area contributed by atoms with Crippen molar-refractivity contribution in [2.45, 2.75) is 49.5 Å². The molecule has 1 atom stereocenters. The zero-order valence-corrected chi connectivity index (χ0v) is 21.7. The summed E-state index contributed by atoms with van der Waals surface area (Å²) in [5, 5.41) is 8.13. The Morgan fingerprint density at radius 2 is 1.67 bits per heavy atom. The number of benzene rings is 2. The summed E-state index contributed by atoms with van der Waals surface area (Å²) in [5.41, 5.74) is -3.47. The van der Waals surface area contributed by atoms with Gasteiger partial charge in [0.15, 0.2) is 0 Å². The molecule has 0 saturated heterocycles. The minimum Gasteiger partial charge on any atom is -0.394 e. The summed E-state index contributed by atoms with van der Waals surface area (Å²) < 4.78 is 80.7. The van der Waals surface area contributed by atoms with Gasteiger partial charge >= 0.3 is 12.4 Å². The van der Waals surface area contributed by atoms with Gasteiger partial charge in [-0.15, -0.1) is 0 Å². The van der Waals surface area contributed by atoms with E-state index in [1.54, 1.807) is 5.32 Å². The second-order valence-electron chi connectivity index (χ2n) is 9.59. The standard InChI is InChI=1S/C25H21Cl2F6N3O3/c1-13-6-14(2-3-18(13)20(37)35-23(4-5-23)21(38)34-11-24(28,29)30)19-10-22(12-39-36-19,25(31,32)33)15-7-16(26)9-17(27)8-15/h2-3,6-9H,4-5,10-12H2,1H3,(H,34,38)(H,35,37). The van der Waals surface area contributed by atoms with E-state index in [0.717, 1.165) is 0 Å². The van der Waals surface area contributed by atoms with Crippen LogP contribution in [0.1, 0.15) is 46.3 Å². The molecule has 1 saturated carbocycles. The number of alkyl halides is 6. The van der Waals surface area contributed by atoms with Gasteiger partial charge in [0.1, 0.15) is 24.1 Å². The van der Waals surface area contributed by atoms with Crippen LogP contribution in [-0.4, -0.2) is 48.6 Å². The number of hydrogen-bond acceptors (Lipinski definition) is 4. The van der Waals surface area contributed by atoms with Crippen LogP contribution in [0.2, 0.25) is 10.0 Å². The molecule has 2 aromatic rings. The average Bonchev–Trinajstić information content (AvgIpc) is 3.61. The summed E-state index contributed by atoms with van der Waals surface area (Å²) >= 11 is 11.9. The number of oxime groups is 1. The number of carbonyl (C=O) groups is 2. The molecule has 4 rings (SSSR count). The van der Waals surface area contributed by atoms with E-state index in [9.17, 15) is 35.9 Å². The highest BCUT2D eigenvalue weighted by Gasteiger charge is 2.59. The zero-order chi connectivity index (χ0) is 28.8. The first kappa shape index (κ1) is 29.0. The lowest BCUT2D eigenvalue weighted by molar-refractivity contribution is -0.207. The largest absolute Gasteiger partial charge is 0.405 e. The molecule has 0 aromatic heterocycles. The quantitative estimate of drug-likeness (QED) is 0.410. The van der Waals surface area contributed by atoms with Crippen LogP contribution in [0.5, 0.6) is 0 Å². The van der Waals surface area contributed by atoms with Gasteiger partial charge in [-0.1, -0.05) is 34.4 Å². The monoisotopic (exact) mass is 595 g/mol. The van der Waals surface area contributed by atoms with Crippen LogP contribution in [-0.2, 0) is 15.0 Å². The molecule has 0 bridgehead atoms. The third-order valence-electron chi connectivity index (χ3n) is 6.70. The van der Waals surface area contributed by atoms with Gasteiger partial charge in [-0.3, -0.25) is 9.59 Å². The van der Waals surface area contributed by atoms with Gasteiger partial charge in [-0.2, -0.15) is 26.3 Å². The van der Waals surface area contributed by atoms with Crippen LogP contribution in [0.15, 0.2) is 41.6 Å². The Bertz CT molecular complexity index is 1320. The van der Waals surface area contributed by atoms with E-state index in [0.29, 0.717) is 5.56 Å². The van der Waals surface area contributed by atoms with Crippen molar-refractivity contribution in [3.05, 3.63) is 68.7 Å². The molecule has 1 aliphatic heterocycles. The lowest BCUT2D eigenvalue weighted by Crippen LogP contribution is -2.51. The molecule has 2 aromatic carbocycles. The second-order valence-corrected chi connectivity index (χ2v) is 10.5.